The highest BCUT2D eigenvalue weighted by Gasteiger charge is 2.33. The first-order valence-electron chi connectivity index (χ1n) is 9.82. The quantitative estimate of drug-likeness (QED) is 0.891. The van der Waals surface area contributed by atoms with Crippen molar-refractivity contribution < 1.29 is 4.79 Å². The van der Waals surface area contributed by atoms with Gasteiger partial charge in [-0.25, -0.2) is 0 Å². The summed E-state index contributed by atoms with van der Waals surface area (Å²) in [6, 6.07) is 1.03. The highest BCUT2D eigenvalue weighted by atomic mass is 16.1. The van der Waals surface area contributed by atoms with Crippen LogP contribution in [0.4, 0.5) is 0 Å². The van der Waals surface area contributed by atoms with Gasteiger partial charge < -0.3 is 5.32 Å². The summed E-state index contributed by atoms with van der Waals surface area (Å²) in [6.07, 6.45) is 11.5. The van der Waals surface area contributed by atoms with E-state index < -0.39 is 0 Å². The van der Waals surface area contributed by atoms with Crippen LogP contribution in [0.5, 0.6) is 0 Å². The molecule has 2 N–H and O–H groups in total. The molecule has 3 aliphatic rings. The van der Waals surface area contributed by atoms with Crippen LogP contribution in [0, 0.1) is 6.92 Å². The minimum Gasteiger partial charge on any atom is -0.348 e. The standard InChI is InChI=1S/C19H30N4O/c1-13-17(18(22-21-13)14-9-10-14)19(24)20-15-6-5-11-23(12-15)16-7-3-2-4-8-16/h14-16H,2-12H2,1H3,(H,20,24)(H,21,22). The normalized spacial score (nSPS) is 26.5. The number of nitrogens with one attached hydrogen (secondary N) is 2. The van der Waals surface area contributed by atoms with Crippen molar-refractivity contribution in [3.05, 3.63) is 17.0 Å². The van der Waals surface area contributed by atoms with Crippen LogP contribution in [0.25, 0.3) is 0 Å². The number of aromatic amines is 1. The predicted molar refractivity (Wildman–Crippen MR) is 94.2 cm³/mol. The molecule has 1 aromatic rings. The van der Waals surface area contributed by atoms with Crippen molar-refractivity contribution in [3.8, 4) is 0 Å². The Morgan fingerprint density at radius 2 is 1.92 bits per heavy atom. The lowest BCUT2D eigenvalue weighted by atomic mass is 9.92. The Hall–Kier alpha value is -1.36. The van der Waals surface area contributed by atoms with Crippen LogP contribution in [0.2, 0.25) is 0 Å². The van der Waals surface area contributed by atoms with Gasteiger partial charge >= 0.3 is 0 Å². The van der Waals surface area contributed by atoms with E-state index in [1.807, 2.05) is 6.92 Å². The Labute approximate surface area is 144 Å². The molecule has 24 heavy (non-hydrogen) atoms. The van der Waals surface area contributed by atoms with Gasteiger partial charge in [0, 0.05) is 30.2 Å². The van der Waals surface area contributed by atoms with Crippen LogP contribution in [-0.2, 0) is 0 Å². The van der Waals surface area contributed by atoms with E-state index in [4.69, 9.17) is 0 Å². The van der Waals surface area contributed by atoms with Gasteiger partial charge in [0.2, 0.25) is 0 Å². The van der Waals surface area contributed by atoms with Crippen LogP contribution in [0.1, 0.15) is 85.5 Å². The van der Waals surface area contributed by atoms with E-state index in [2.05, 4.69) is 20.4 Å². The van der Waals surface area contributed by atoms with Crippen molar-refractivity contribution in [1.82, 2.24) is 20.4 Å². The molecule has 0 radical (unpaired) electrons. The van der Waals surface area contributed by atoms with Crippen LogP contribution >= 0.6 is 0 Å². The first kappa shape index (κ1) is 16.1. The van der Waals surface area contributed by atoms with Gasteiger partial charge in [-0.1, -0.05) is 19.3 Å². The number of H-pyrrole nitrogens is 1. The zero-order valence-electron chi connectivity index (χ0n) is 14.8. The van der Waals surface area contributed by atoms with Crippen molar-refractivity contribution in [2.45, 2.75) is 82.7 Å². The van der Waals surface area contributed by atoms with Gasteiger partial charge in [0.25, 0.3) is 5.91 Å². The molecule has 0 aromatic carbocycles. The van der Waals surface area contributed by atoms with Crippen LogP contribution < -0.4 is 5.32 Å². The number of aromatic nitrogens is 2. The van der Waals surface area contributed by atoms with E-state index in [1.165, 1.54) is 57.9 Å². The number of carbonyl (C=O) groups excluding carboxylic acids is 1. The summed E-state index contributed by atoms with van der Waals surface area (Å²) < 4.78 is 0. The third-order valence-corrected chi connectivity index (χ3v) is 6.05. The number of hydrogen-bond acceptors (Lipinski definition) is 3. The molecule has 132 valence electrons. The van der Waals surface area contributed by atoms with Crippen molar-refractivity contribution in [1.29, 1.82) is 0 Å². The van der Waals surface area contributed by atoms with E-state index in [-0.39, 0.29) is 11.9 Å². The monoisotopic (exact) mass is 330 g/mol. The molecule has 1 atom stereocenters. The molecule has 1 saturated heterocycles. The van der Waals surface area contributed by atoms with Crippen molar-refractivity contribution >= 4 is 5.91 Å². The van der Waals surface area contributed by atoms with Gasteiger partial charge in [0.05, 0.1) is 11.3 Å². The number of likely N-dealkylation sites (tertiary alicyclic amines) is 1. The van der Waals surface area contributed by atoms with Crippen LogP contribution in [0.3, 0.4) is 0 Å². The van der Waals surface area contributed by atoms with Gasteiger partial charge in [-0.3, -0.25) is 14.8 Å². The largest absolute Gasteiger partial charge is 0.348 e. The van der Waals surface area contributed by atoms with Crippen molar-refractivity contribution in [3.63, 3.8) is 0 Å². The Balaban J connectivity index is 1.39. The molecule has 1 unspecified atom stereocenters. The minimum atomic E-state index is 0.0821. The van der Waals surface area contributed by atoms with Gasteiger partial charge in [0.1, 0.15) is 0 Å². The fourth-order valence-corrected chi connectivity index (χ4v) is 4.55. The van der Waals surface area contributed by atoms with Gasteiger partial charge in [-0.2, -0.15) is 5.10 Å². The molecular weight excluding hydrogens is 300 g/mol. The minimum absolute atomic E-state index is 0.0821. The Kier molecular flexibility index (Phi) is 4.61. The van der Waals surface area contributed by atoms with Crippen molar-refractivity contribution in [2.75, 3.05) is 13.1 Å². The first-order valence-corrected chi connectivity index (χ1v) is 9.82. The van der Waals surface area contributed by atoms with E-state index in [9.17, 15) is 4.79 Å². The fraction of sp³-hybridized carbons (Fsp3) is 0.789. The highest BCUT2D eigenvalue weighted by molar-refractivity contribution is 5.96. The molecule has 4 rings (SSSR count). The number of amides is 1. The molecule has 3 fully saturated rings. The smallest absolute Gasteiger partial charge is 0.255 e. The third kappa shape index (κ3) is 3.37. The van der Waals surface area contributed by atoms with Gasteiger partial charge in [-0.15, -0.1) is 0 Å². The Morgan fingerprint density at radius 3 is 2.67 bits per heavy atom. The molecule has 0 bridgehead atoms. The SMILES string of the molecule is Cc1[nH]nc(C2CC2)c1C(=O)NC1CCCN(C2CCCCC2)C1. The Morgan fingerprint density at radius 1 is 1.12 bits per heavy atom. The van der Waals surface area contributed by atoms with E-state index in [0.29, 0.717) is 5.92 Å². The molecule has 1 aromatic heterocycles. The second kappa shape index (κ2) is 6.87. The maximum atomic E-state index is 12.8. The second-order valence-electron chi connectivity index (χ2n) is 7.98. The lowest BCUT2D eigenvalue weighted by Crippen LogP contribution is -2.51. The summed E-state index contributed by atoms with van der Waals surface area (Å²) in [5, 5.41) is 10.7. The van der Waals surface area contributed by atoms with Crippen molar-refractivity contribution in [2.24, 2.45) is 0 Å². The second-order valence-corrected chi connectivity index (χ2v) is 7.98. The maximum absolute atomic E-state index is 12.8. The molecule has 0 spiro atoms. The molecule has 1 aliphatic heterocycles. The number of hydrogen-bond donors (Lipinski definition) is 2. The molecule has 2 heterocycles. The molecular formula is C19H30N4O. The third-order valence-electron chi connectivity index (χ3n) is 6.05. The maximum Gasteiger partial charge on any atom is 0.255 e. The summed E-state index contributed by atoms with van der Waals surface area (Å²) in [7, 11) is 0. The zero-order valence-corrected chi connectivity index (χ0v) is 14.8. The lowest BCUT2D eigenvalue weighted by Gasteiger charge is -2.40. The van der Waals surface area contributed by atoms with Gasteiger partial charge in [0.15, 0.2) is 0 Å². The molecule has 5 heteroatoms. The summed E-state index contributed by atoms with van der Waals surface area (Å²) >= 11 is 0. The lowest BCUT2D eigenvalue weighted by molar-refractivity contribution is 0.0834. The number of carbonyl (C=O) groups is 1. The van der Waals surface area contributed by atoms with E-state index in [1.54, 1.807) is 0 Å². The number of nitrogens with zero attached hydrogens (tertiary/aromatic N) is 2. The zero-order chi connectivity index (χ0) is 16.5. The average molecular weight is 330 g/mol. The summed E-state index contributed by atoms with van der Waals surface area (Å²) in [4.78, 5) is 15.5. The van der Waals surface area contributed by atoms with E-state index in [0.717, 1.165) is 36.0 Å². The average Bonchev–Trinajstić information content (AvgIpc) is 3.38. The van der Waals surface area contributed by atoms with Crippen LogP contribution in [0.15, 0.2) is 0 Å². The summed E-state index contributed by atoms with van der Waals surface area (Å²) in [5.41, 5.74) is 2.71. The molecule has 5 nitrogen and oxygen atoms in total. The van der Waals surface area contributed by atoms with E-state index >= 15 is 0 Å². The number of aryl methyl sites for hydroxylation is 1. The highest BCUT2D eigenvalue weighted by Crippen LogP contribution is 2.41. The number of piperidine rings is 1. The predicted octanol–water partition coefficient (Wildman–Crippen LogP) is 3.12. The first-order chi connectivity index (χ1) is 11.7. The van der Waals surface area contributed by atoms with Gasteiger partial charge in [-0.05, 0) is 52.0 Å². The fourth-order valence-electron chi connectivity index (χ4n) is 4.55. The molecule has 2 saturated carbocycles. The topological polar surface area (TPSA) is 61.0 Å². The summed E-state index contributed by atoms with van der Waals surface area (Å²) in [5.74, 6) is 0.583. The molecule has 2 aliphatic carbocycles. The molecule has 1 amide bonds. The number of rotatable bonds is 4. The van der Waals surface area contributed by atoms with Crippen LogP contribution in [-0.4, -0.2) is 46.2 Å². The Bertz CT molecular complexity index is 586. The summed E-state index contributed by atoms with van der Waals surface area (Å²) in [6.45, 7) is 4.18.